The van der Waals surface area contributed by atoms with Crippen LogP contribution in [0.3, 0.4) is 0 Å². The van der Waals surface area contributed by atoms with E-state index in [1.807, 2.05) is 0 Å². The Kier molecular flexibility index (Phi) is 3.47. The fourth-order valence-electron chi connectivity index (χ4n) is 1.74. The van der Waals surface area contributed by atoms with Crippen LogP contribution in [0.2, 0.25) is 0 Å². The number of halogens is 2. The molecule has 0 radical (unpaired) electrons. The summed E-state index contributed by atoms with van der Waals surface area (Å²) in [6.45, 7) is 5.07. The van der Waals surface area contributed by atoms with Crippen LogP contribution in [-0.2, 0) is 0 Å². The molecule has 0 aliphatic heterocycles. The molecule has 0 atom stereocenters. The van der Waals surface area contributed by atoms with E-state index in [0.29, 0.717) is 10.3 Å². The van der Waals surface area contributed by atoms with Gasteiger partial charge in [0, 0.05) is 23.3 Å². The molecule has 0 unspecified atom stereocenters. The summed E-state index contributed by atoms with van der Waals surface area (Å²) >= 11 is 3.22. The molecule has 0 amide bonds. The highest BCUT2D eigenvalue weighted by atomic mass is 79.9. The third kappa shape index (κ3) is 2.73. The fraction of sp³-hybridized carbons (Fsp3) is 0.583. The molecule has 1 saturated carbocycles. The molecule has 1 heterocycles. The van der Waals surface area contributed by atoms with Gasteiger partial charge < -0.3 is 4.90 Å². The molecule has 0 spiro atoms. The second kappa shape index (κ2) is 4.70. The molecule has 1 fully saturated rings. The molecule has 2 rings (SSSR count). The third-order valence-electron chi connectivity index (χ3n) is 2.84. The van der Waals surface area contributed by atoms with Crippen molar-refractivity contribution >= 4 is 21.7 Å². The van der Waals surface area contributed by atoms with Crippen LogP contribution in [0, 0.1) is 11.7 Å². The van der Waals surface area contributed by atoms with Crippen LogP contribution < -0.4 is 4.90 Å². The predicted octanol–water partition coefficient (Wildman–Crippen LogP) is 3.61. The minimum atomic E-state index is -0.247. The minimum absolute atomic E-state index is 0.247. The van der Waals surface area contributed by atoms with Gasteiger partial charge in [0.15, 0.2) is 11.6 Å². The van der Waals surface area contributed by atoms with E-state index in [4.69, 9.17) is 0 Å². The SMILES string of the molecule is CC(C)N(CC1CC1)c1ncc(Br)cc1F. The predicted molar refractivity (Wildman–Crippen MR) is 67.1 cm³/mol. The number of aromatic nitrogens is 1. The Morgan fingerprint density at radius 1 is 1.56 bits per heavy atom. The summed E-state index contributed by atoms with van der Waals surface area (Å²) < 4.78 is 14.5. The standard InChI is InChI=1S/C12H16BrFN2/c1-8(2)16(7-9-3-4-9)12-11(14)5-10(13)6-15-12/h5-6,8-9H,3-4,7H2,1-2H3. The van der Waals surface area contributed by atoms with Gasteiger partial charge in [-0.2, -0.15) is 0 Å². The molecular weight excluding hydrogens is 271 g/mol. The second-order valence-corrected chi connectivity index (χ2v) is 5.56. The van der Waals surface area contributed by atoms with Gasteiger partial charge in [-0.05, 0) is 54.6 Å². The number of pyridine rings is 1. The molecular formula is C12H16BrFN2. The van der Waals surface area contributed by atoms with Crippen molar-refractivity contribution in [1.82, 2.24) is 4.98 Å². The fourth-order valence-corrected chi connectivity index (χ4v) is 2.04. The molecule has 2 nitrogen and oxygen atoms in total. The van der Waals surface area contributed by atoms with Gasteiger partial charge in [0.25, 0.3) is 0 Å². The lowest BCUT2D eigenvalue weighted by molar-refractivity contribution is 0.577. The van der Waals surface area contributed by atoms with Crippen molar-refractivity contribution in [3.63, 3.8) is 0 Å². The highest BCUT2D eigenvalue weighted by Gasteiger charge is 2.27. The van der Waals surface area contributed by atoms with Gasteiger partial charge in [0.1, 0.15) is 0 Å². The van der Waals surface area contributed by atoms with Crippen molar-refractivity contribution in [2.45, 2.75) is 32.7 Å². The molecule has 1 aromatic rings. The van der Waals surface area contributed by atoms with Crippen LogP contribution in [0.25, 0.3) is 0 Å². The summed E-state index contributed by atoms with van der Waals surface area (Å²) in [6, 6.07) is 1.76. The average Bonchev–Trinajstić information content (AvgIpc) is 2.98. The first kappa shape index (κ1) is 11.8. The van der Waals surface area contributed by atoms with Crippen LogP contribution in [0.15, 0.2) is 16.7 Å². The molecule has 0 bridgehead atoms. The number of hydrogen-bond donors (Lipinski definition) is 0. The van der Waals surface area contributed by atoms with Crippen LogP contribution in [0.1, 0.15) is 26.7 Å². The molecule has 1 aromatic heterocycles. The van der Waals surface area contributed by atoms with Gasteiger partial charge in [0.2, 0.25) is 0 Å². The second-order valence-electron chi connectivity index (χ2n) is 4.65. The molecule has 1 aliphatic rings. The van der Waals surface area contributed by atoms with E-state index in [1.54, 1.807) is 6.20 Å². The third-order valence-corrected chi connectivity index (χ3v) is 3.27. The Hall–Kier alpha value is -0.640. The Balaban J connectivity index is 2.22. The Morgan fingerprint density at radius 3 is 2.75 bits per heavy atom. The number of anilines is 1. The Bertz CT molecular complexity index is 377. The first-order chi connectivity index (χ1) is 7.58. The average molecular weight is 287 g/mol. The molecule has 0 aromatic carbocycles. The maximum atomic E-state index is 13.8. The smallest absolute Gasteiger partial charge is 0.166 e. The van der Waals surface area contributed by atoms with Crippen LogP contribution >= 0.6 is 15.9 Å². The van der Waals surface area contributed by atoms with Crippen molar-refractivity contribution in [2.75, 3.05) is 11.4 Å². The van der Waals surface area contributed by atoms with Crippen LogP contribution in [-0.4, -0.2) is 17.6 Å². The van der Waals surface area contributed by atoms with Crippen molar-refractivity contribution in [2.24, 2.45) is 5.92 Å². The van der Waals surface area contributed by atoms with E-state index < -0.39 is 0 Å². The Labute approximate surface area is 104 Å². The summed E-state index contributed by atoms with van der Waals surface area (Å²) in [5.41, 5.74) is 0. The quantitative estimate of drug-likeness (QED) is 0.841. The maximum absolute atomic E-state index is 13.8. The summed E-state index contributed by atoms with van der Waals surface area (Å²) in [4.78, 5) is 6.24. The Morgan fingerprint density at radius 2 is 2.25 bits per heavy atom. The van der Waals surface area contributed by atoms with E-state index >= 15 is 0 Å². The first-order valence-corrected chi connectivity index (χ1v) is 6.45. The van der Waals surface area contributed by atoms with E-state index in [0.717, 1.165) is 12.5 Å². The monoisotopic (exact) mass is 286 g/mol. The van der Waals surface area contributed by atoms with E-state index in [1.165, 1.54) is 18.9 Å². The van der Waals surface area contributed by atoms with Crippen LogP contribution in [0.5, 0.6) is 0 Å². The van der Waals surface area contributed by atoms with Crippen LogP contribution in [0.4, 0.5) is 10.2 Å². The van der Waals surface area contributed by atoms with E-state index in [9.17, 15) is 4.39 Å². The number of rotatable bonds is 4. The molecule has 0 saturated heterocycles. The summed E-state index contributed by atoms with van der Waals surface area (Å²) in [6.07, 6.45) is 4.18. The first-order valence-electron chi connectivity index (χ1n) is 5.65. The molecule has 4 heteroatoms. The molecule has 16 heavy (non-hydrogen) atoms. The van der Waals surface area contributed by atoms with Gasteiger partial charge in [-0.15, -0.1) is 0 Å². The topological polar surface area (TPSA) is 16.1 Å². The van der Waals surface area contributed by atoms with Crippen molar-refractivity contribution in [1.29, 1.82) is 0 Å². The highest BCUT2D eigenvalue weighted by molar-refractivity contribution is 9.10. The highest BCUT2D eigenvalue weighted by Crippen LogP contribution is 2.32. The van der Waals surface area contributed by atoms with Gasteiger partial charge in [-0.3, -0.25) is 0 Å². The molecule has 1 aliphatic carbocycles. The normalized spacial score (nSPS) is 15.6. The van der Waals surface area contributed by atoms with E-state index in [2.05, 4.69) is 39.7 Å². The van der Waals surface area contributed by atoms with Gasteiger partial charge in [0.05, 0.1) is 0 Å². The number of hydrogen-bond acceptors (Lipinski definition) is 2. The van der Waals surface area contributed by atoms with Gasteiger partial charge >= 0.3 is 0 Å². The summed E-state index contributed by atoms with van der Waals surface area (Å²) in [5, 5.41) is 0. The summed E-state index contributed by atoms with van der Waals surface area (Å²) in [7, 11) is 0. The van der Waals surface area contributed by atoms with E-state index in [-0.39, 0.29) is 11.9 Å². The largest absolute Gasteiger partial charge is 0.351 e. The zero-order chi connectivity index (χ0) is 11.7. The zero-order valence-electron chi connectivity index (χ0n) is 9.58. The van der Waals surface area contributed by atoms with Gasteiger partial charge in [-0.25, -0.2) is 9.37 Å². The molecule has 0 N–H and O–H groups in total. The molecule has 88 valence electrons. The van der Waals surface area contributed by atoms with Crippen molar-refractivity contribution in [3.8, 4) is 0 Å². The van der Waals surface area contributed by atoms with Crippen molar-refractivity contribution in [3.05, 3.63) is 22.6 Å². The van der Waals surface area contributed by atoms with Crippen molar-refractivity contribution < 1.29 is 4.39 Å². The lowest BCUT2D eigenvalue weighted by atomic mass is 10.2. The summed E-state index contributed by atoms with van der Waals surface area (Å²) in [5.74, 6) is 0.959. The minimum Gasteiger partial charge on any atom is -0.351 e. The zero-order valence-corrected chi connectivity index (χ0v) is 11.2. The van der Waals surface area contributed by atoms with Gasteiger partial charge in [-0.1, -0.05) is 0 Å². The lowest BCUT2D eigenvalue weighted by Gasteiger charge is -2.28. The number of nitrogens with zero attached hydrogens (tertiary/aromatic N) is 2. The lowest BCUT2D eigenvalue weighted by Crippen LogP contribution is -2.34. The maximum Gasteiger partial charge on any atom is 0.166 e.